The molecule has 0 spiro atoms. The van der Waals surface area contributed by atoms with Crippen molar-refractivity contribution in [3.63, 3.8) is 0 Å². The van der Waals surface area contributed by atoms with Gasteiger partial charge in [0.05, 0.1) is 11.8 Å². The number of nitrogens with zero attached hydrogens (tertiary/aromatic N) is 2. The van der Waals surface area contributed by atoms with Crippen molar-refractivity contribution in [2.24, 2.45) is 0 Å². The van der Waals surface area contributed by atoms with Gasteiger partial charge >= 0.3 is 5.97 Å². The first kappa shape index (κ1) is 21.2. The number of carboxylic acid groups (broad SMARTS) is 1. The molecule has 4 nitrogen and oxygen atoms in total. The second-order valence-electron chi connectivity index (χ2n) is 8.46. The van der Waals surface area contributed by atoms with Gasteiger partial charge in [0.2, 0.25) is 0 Å². The van der Waals surface area contributed by atoms with Crippen molar-refractivity contribution < 1.29 is 9.90 Å². The van der Waals surface area contributed by atoms with Crippen LogP contribution in [0.1, 0.15) is 37.0 Å². The van der Waals surface area contributed by atoms with Gasteiger partial charge in [-0.2, -0.15) is 0 Å². The summed E-state index contributed by atoms with van der Waals surface area (Å²) >= 11 is 2.00. The first-order valence-corrected chi connectivity index (χ1v) is 11.6. The first-order valence-electron chi connectivity index (χ1n) is 10.7. The number of hydrogen-bond acceptors (Lipinski definition) is 4. The predicted octanol–water partition coefficient (Wildman–Crippen LogP) is 4.71. The molecule has 0 aromatic heterocycles. The lowest BCUT2D eigenvalue weighted by molar-refractivity contribution is -0.136. The van der Waals surface area contributed by atoms with Crippen LogP contribution in [-0.4, -0.2) is 51.4 Å². The van der Waals surface area contributed by atoms with Gasteiger partial charge < -0.3 is 5.11 Å². The minimum absolute atomic E-state index is 0.0857. The van der Waals surface area contributed by atoms with E-state index in [0.717, 1.165) is 31.6 Å². The third-order valence-electron chi connectivity index (χ3n) is 6.08. The molecule has 2 aliphatic rings. The van der Waals surface area contributed by atoms with Crippen LogP contribution >= 0.6 is 11.8 Å². The Morgan fingerprint density at radius 3 is 2.43 bits per heavy atom. The molecule has 5 heteroatoms. The maximum atomic E-state index is 11.0. The number of rotatable bonds is 6. The van der Waals surface area contributed by atoms with Crippen LogP contribution in [0.25, 0.3) is 4.91 Å². The van der Waals surface area contributed by atoms with Gasteiger partial charge in [0, 0.05) is 36.6 Å². The SMILES string of the molecule is C[C@@H]1CN(C2CC=C(c3ccccc3)S2)C[C@H](C)N1Cc1cccc(CC(=O)O)c1. The molecular formula is C25H30N2O2S. The zero-order valence-electron chi connectivity index (χ0n) is 17.7. The van der Waals surface area contributed by atoms with Crippen LogP contribution in [0.4, 0.5) is 0 Å². The standard InChI is InChI=1S/C25H30N2O2S/c1-18-15-26(24-12-11-23(30-24)22-9-4-3-5-10-22)16-19(2)27(18)17-21-8-6-7-20(13-21)14-25(28)29/h3-11,13,18-19,24H,12,14-17H2,1-2H3,(H,28,29)/t18-,19+,24?. The van der Waals surface area contributed by atoms with E-state index in [1.165, 1.54) is 16.0 Å². The van der Waals surface area contributed by atoms with Gasteiger partial charge in [-0.3, -0.25) is 14.6 Å². The molecule has 2 aromatic carbocycles. The number of piperazine rings is 1. The fourth-order valence-corrected chi connectivity index (χ4v) is 5.90. The van der Waals surface area contributed by atoms with E-state index < -0.39 is 5.97 Å². The van der Waals surface area contributed by atoms with Crippen LogP contribution in [0.3, 0.4) is 0 Å². The lowest BCUT2D eigenvalue weighted by Crippen LogP contribution is -2.57. The number of carboxylic acids is 1. The number of benzene rings is 2. The largest absolute Gasteiger partial charge is 0.481 e. The molecule has 0 aliphatic carbocycles. The van der Waals surface area contributed by atoms with Gasteiger partial charge in [0.15, 0.2) is 0 Å². The van der Waals surface area contributed by atoms with Crippen molar-refractivity contribution in [2.75, 3.05) is 13.1 Å². The topological polar surface area (TPSA) is 43.8 Å². The molecule has 0 radical (unpaired) electrons. The van der Waals surface area contributed by atoms with Crippen LogP contribution in [-0.2, 0) is 17.8 Å². The Labute approximate surface area is 183 Å². The Hall–Kier alpha value is -2.08. The molecule has 0 saturated carbocycles. The van der Waals surface area contributed by atoms with Crippen molar-refractivity contribution in [2.45, 2.75) is 50.7 Å². The molecule has 158 valence electrons. The van der Waals surface area contributed by atoms with Crippen LogP contribution in [0.15, 0.2) is 60.7 Å². The summed E-state index contributed by atoms with van der Waals surface area (Å²) in [6.07, 6.45) is 3.58. The Bertz CT molecular complexity index is 902. The first-order chi connectivity index (χ1) is 14.5. The number of aliphatic carboxylic acids is 1. The van der Waals surface area contributed by atoms with E-state index in [1.807, 2.05) is 30.0 Å². The molecule has 2 aliphatic heterocycles. The van der Waals surface area contributed by atoms with E-state index in [9.17, 15) is 4.79 Å². The minimum atomic E-state index is -0.778. The third kappa shape index (κ3) is 4.97. The molecular weight excluding hydrogens is 392 g/mol. The highest BCUT2D eigenvalue weighted by Gasteiger charge is 2.34. The molecule has 0 bridgehead atoms. The molecule has 2 aromatic rings. The quantitative estimate of drug-likeness (QED) is 0.730. The van der Waals surface area contributed by atoms with E-state index in [1.54, 1.807) is 0 Å². The van der Waals surface area contributed by atoms with Gasteiger partial charge in [-0.25, -0.2) is 0 Å². The van der Waals surface area contributed by atoms with E-state index in [4.69, 9.17) is 5.11 Å². The smallest absolute Gasteiger partial charge is 0.307 e. The van der Waals surface area contributed by atoms with Crippen molar-refractivity contribution >= 4 is 22.6 Å². The molecule has 1 unspecified atom stereocenters. The van der Waals surface area contributed by atoms with Crippen molar-refractivity contribution in [1.82, 2.24) is 9.80 Å². The minimum Gasteiger partial charge on any atom is -0.481 e. The average Bonchev–Trinajstić information content (AvgIpc) is 3.21. The summed E-state index contributed by atoms with van der Waals surface area (Å²) in [5.41, 5.74) is 3.40. The summed E-state index contributed by atoms with van der Waals surface area (Å²) in [5, 5.41) is 9.59. The van der Waals surface area contributed by atoms with E-state index in [0.29, 0.717) is 17.5 Å². The number of hydrogen-bond donors (Lipinski definition) is 1. The summed E-state index contributed by atoms with van der Waals surface area (Å²) in [4.78, 5) is 17.6. The Morgan fingerprint density at radius 1 is 1.03 bits per heavy atom. The number of thioether (sulfide) groups is 1. The van der Waals surface area contributed by atoms with E-state index >= 15 is 0 Å². The third-order valence-corrected chi connectivity index (χ3v) is 7.49. The Kier molecular flexibility index (Phi) is 6.61. The lowest BCUT2D eigenvalue weighted by Gasteiger charge is -2.46. The van der Waals surface area contributed by atoms with Crippen LogP contribution in [0, 0.1) is 0 Å². The predicted molar refractivity (Wildman–Crippen MR) is 124 cm³/mol. The zero-order valence-corrected chi connectivity index (χ0v) is 18.5. The zero-order chi connectivity index (χ0) is 21.1. The lowest BCUT2D eigenvalue weighted by atomic mass is 10.0. The van der Waals surface area contributed by atoms with Gasteiger partial charge in [0.1, 0.15) is 0 Å². The average molecular weight is 423 g/mol. The summed E-state index contributed by atoms with van der Waals surface area (Å²) < 4.78 is 0. The highest BCUT2D eigenvalue weighted by atomic mass is 32.2. The Morgan fingerprint density at radius 2 is 1.73 bits per heavy atom. The molecule has 30 heavy (non-hydrogen) atoms. The van der Waals surface area contributed by atoms with Crippen molar-refractivity contribution in [3.05, 3.63) is 77.4 Å². The van der Waals surface area contributed by atoms with Crippen LogP contribution in [0.5, 0.6) is 0 Å². The van der Waals surface area contributed by atoms with Gasteiger partial charge in [0.25, 0.3) is 0 Å². The van der Waals surface area contributed by atoms with Crippen molar-refractivity contribution in [3.8, 4) is 0 Å². The summed E-state index contributed by atoms with van der Waals surface area (Å²) in [7, 11) is 0. The van der Waals surface area contributed by atoms with Gasteiger partial charge in [-0.1, -0.05) is 60.7 Å². The van der Waals surface area contributed by atoms with E-state index in [2.05, 4.69) is 66.1 Å². The normalized spacial score (nSPS) is 25.3. The Balaban J connectivity index is 1.37. The molecule has 4 rings (SSSR count). The second-order valence-corrected chi connectivity index (χ2v) is 9.68. The maximum Gasteiger partial charge on any atom is 0.307 e. The monoisotopic (exact) mass is 422 g/mol. The summed E-state index contributed by atoms with van der Waals surface area (Å²) in [5.74, 6) is -0.778. The summed E-state index contributed by atoms with van der Waals surface area (Å²) in [6.45, 7) is 7.62. The van der Waals surface area contributed by atoms with Gasteiger partial charge in [-0.15, -0.1) is 11.8 Å². The fourth-order valence-electron chi connectivity index (χ4n) is 4.63. The van der Waals surface area contributed by atoms with E-state index in [-0.39, 0.29) is 6.42 Å². The number of carbonyl (C=O) groups is 1. The van der Waals surface area contributed by atoms with Gasteiger partial charge in [-0.05, 0) is 37.0 Å². The molecule has 1 N–H and O–H groups in total. The second kappa shape index (κ2) is 9.38. The highest BCUT2D eigenvalue weighted by molar-refractivity contribution is 8.09. The van der Waals surface area contributed by atoms with Crippen molar-refractivity contribution in [1.29, 1.82) is 0 Å². The molecule has 2 heterocycles. The van der Waals surface area contributed by atoms with Crippen LogP contribution < -0.4 is 0 Å². The fraction of sp³-hybridized carbons (Fsp3) is 0.400. The maximum absolute atomic E-state index is 11.0. The summed E-state index contributed by atoms with van der Waals surface area (Å²) in [6, 6.07) is 19.6. The molecule has 1 saturated heterocycles. The molecule has 1 fully saturated rings. The molecule has 3 atom stereocenters. The van der Waals surface area contributed by atoms with Crippen LogP contribution in [0.2, 0.25) is 0 Å². The molecule has 0 amide bonds. The highest BCUT2D eigenvalue weighted by Crippen LogP contribution is 2.41.